The van der Waals surface area contributed by atoms with Crippen molar-refractivity contribution >= 4 is 23.6 Å². The molecule has 0 saturated carbocycles. The van der Waals surface area contributed by atoms with Crippen molar-refractivity contribution in [2.24, 2.45) is 5.92 Å². The van der Waals surface area contributed by atoms with E-state index in [9.17, 15) is 19.5 Å². The number of rotatable bonds is 8. The number of hydrogen-bond donors (Lipinski definition) is 2. The summed E-state index contributed by atoms with van der Waals surface area (Å²) in [6, 6.07) is 14.0. The van der Waals surface area contributed by atoms with Gasteiger partial charge in [-0.1, -0.05) is 50.2 Å². The van der Waals surface area contributed by atoms with Crippen LogP contribution in [-0.2, 0) is 35.3 Å². The van der Waals surface area contributed by atoms with Crippen LogP contribution in [0.25, 0.3) is 0 Å². The summed E-state index contributed by atoms with van der Waals surface area (Å²) in [6.45, 7) is 5.96. The number of carbonyl (C=O) groups is 3. The van der Waals surface area contributed by atoms with Crippen LogP contribution in [0, 0.1) is 5.92 Å². The van der Waals surface area contributed by atoms with Crippen molar-refractivity contribution < 1.29 is 19.5 Å². The molecule has 7 nitrogen and oxygen atoms in total. The molecule has 3 amide bonds. The molecule has 0 aliphatic carbocycles. The minimum atomic E-state index is -0.934. The quantitative estimate of drug-likeness (QED) is 0.568. The maximum Gasteiger partial charge on any atom is 0.322 e. The fraction of sp³-hybridized carbons (Fsp3) is 0.483. The van der Waals surface area contributed by atoms with E-state index in [1.54, 1.807) is 4.90 Å². The Hall–Kier alpha value is -3.35. The lowest BCUT2D eigenvalue weighted by Gasteiger charge is -2.38. The third-order valence-electron chi connectivity index (χ3n) is 7.68. The van der Waals surface area contributed by atoms with Gasteiger partial charge in [0.15, 0.2) is 0 Å². The van der Waals surface area contributed by atoms with Crippen LogP contribution in [0.4, 0.5) is 10.5 Å². The minimum Gasteiger partial charge on any atom is -0.481 e. The Balaban J connectivity index is 1.33. The van der Waals surface area contributed by atoms with E-state index < -0.39 is 11.9 Å². The number of carbonyl (C=O) groups excluding carboxylic acids is 2. The van der Waals surface area contributed by atoms with Crippen molar-refractivity contribution in [3.63, 3.8) is 0 Å². The zero-order chi connectivity index (χ0) is 25.7. The lowest BCUT2D eigenvalue weighted by atomic mass is 9.92. The molecule has 1 saturated heterocycles. The molecule has 2 aromatic rings. The SMILES string of the molecule is CCc1ccc(CC(CC(=O)N2CCC(N3CCc4ccccc4NC3=O)CC2)C(=O)O)cc1CC. The first-order chi connectivity index (χ1) is 17.4. The Morgan fingerprint density at radius 3 is 2.44 bits per heavy atom. The lowest BCUT2D eigenvalue weighted by molar-refractivity contribution is -0.146. The highest BCUT2D eigenvalue weighted by molar-refractivity contribution is 5.91. The third kappa shape index (κ3) is 5.89. The van der Waals surface area contributed by atoms with Crippen LogP contribution in [-0.4, -0.2) is 58.5 Å². The highest BCUT2D eigenvalue weighted by atomic mass is 16.4. The van der Waals surface area contributed by atoms with E-state index in [0.29, 0.717) is 38.9 Å². The highest BCUT2D eigenvalue weighted by Crippen LogP contribution is 2.25. The van der Waals surface area contributed by atoms with E-state index in [1.165, 1.54) is 11.1 Å². The van der Waals surface area contributed by atoms with E-state index >= 15 is 0 Å². The van der Waals surface area contributed by atoms with Gasteiger partial charge in [-0.25, -0.2) is 4.79 Å². The van der Waals surface area contributed by atoms with E-state index in [4.69, 9.17) is 0 Å². The third-order valence-corrected chi connectivity index (χ3v) is 7.68. The van der Waals surface area contributed by atoms with Gasteiger partial charge in [-0.05, 0) is 66.8 Å². The topological polar surface area (TPSA) is 90.0 Å². The van der Waals surface area contributed by atoms with Gasteiger partial charge in [0.1, 0.15) is 0 Å². The van der Waals surface area contributed by atoms with Gasteiger partial charge in [0.2, 0.25) is 5.91 Å². The van der Waals surface area contributed by atoms with Crippen LogP contribution in [0.3, 0.4) is 0 Å². The van der Waals surface area contributed by atoms with Crippen LogP contribution in [0.5, 0.6) is 0 Å². The average molecular weight is 492 g/mol. The Morgan fingerprint density at radius 2 is 1.75 bits per heavy atom. The first-order valence-corrected chi connectivity index (χ1v) is 13.2. The number of piperidine rings is 1. The summed E-state index contributed by atoms with van der Waals surface area (Å²) >= 11 is 0. The number of carboxylic acids is 1. The summed E-state index contributed by atoms with van der Waals surface area (Å²) < 4.78 is 0. The number of likely N-dealkylation sites (tertiary alicyclic amines) is 1. The number of nitrogens with one attached hydrogen (secondary N) is 1. The molecule has 36 heavy (non-hydrogen) atoms. The van der Waals surface area contributed by atoms with Crippen LogP contribution in [0.1, 0.15) is 55.4 Å². The lowest BCUT2D eigenvalue weighted by Crippen LogP contribution is -2.50. The number of hydrogen-bond acceptors (Lipinski definition) is 3. The number of carboxylic acid groups (broad SMARTS) is 1. The van der Waals surface area contributed by atoms with Crippen molar-refractivity contribution in [1.29, 1.82) is 0 Å². The summed E-state index contributed by atoms with van der Waals surface area (Å²) in [6.07, 6.45) is 4.40. The van der Waals surface area contributed by atoms with Gasteiger partial charge in [0, 0.05) is 37.8 Å². The Kier molecular flexibility index (Phi) is 8.28. The van der Waals surface area contributed by atoms with Gasteiger partial charge in [0.25, 0.3) is 0 Å². The van der Waals surface area contributed by atoms with E-state index in [-0.39, 0.29) is 24.4 Å². The highest BCUT2D eigenvalue weighted by Gasteiger charge is 2.32. The molecule has 2 heterocycles. The van der Waals surface area contributed by atoms with Gasteiger partial charge in [0.05, 0.1) is 5.92 Å². The maximum atomic E-state index is 13.0. The second-order valence-electron chi connectivity index (χ2n) is 9.90. The standard InChI is InChI=1S/C29H37N3O4/c1-3-21-10-9-20(17-22(21)4-2)18-24(28(34)35)19-27(33)31-14-12-25(13-15-31)32-16-11-23-7-5-6-8-26(23)30-29(32)36/h5-10,17,24-25H,3-4,11-16,18-19H2,1-2H3,(H,30,36)(H,34,35). The molecule has 2 aliphatic rings. The monoisotopic (exact) mass is 491 g/mol. The smallest absolute Gasteiger partial charge is 0.322 e. The molecule has 0 aromatic heterocycles. The molecule has 2 aliphatic heterocycles. The normalized spacial score (nSPS) is 17.2. The Labute approximate surface area is 213 Å². The van der Waals surface area contributed by atoms with Crippen LogP contribution >= 0.6 is 0 Å². The van der Waals surface area contributed by atoms with Crippen molar-refractivity contribution in [2.45, 2.75) is 64.8 Å². The van der Waals surface area contributed by atoms with Crippen molar-refractivity contribution in [3.05, 3.63) is 64.7 Å². The number of fused-ring (bicyclic) bond motifs is 1. The van der Waals surface area contributed by atoms with Crippen molar-refractivity contribution in [1.82, 2.24) is 9.80 Å². The molecule has 4 rings (SSSR count). The maximum absolute atomic E-state index is 13.0. The van der Waals surface area contributed by atoms with Crippen LogP contribution < -0.4 is 5.32 Å². The van der Waals surface area contributed by atoms with Gasteiger partial charge in [-0.15, -0.1) is 0 Å². The zero-order valence-corrected chi connectivity index (χ0v) is 21.3. The first-order valence-electron chi connectivity index (χ1n) is 13.2. The van der Waals surface area contributed by atoms with E-state index in [2.05, 4.69) is 31.3 Å². The molecule has 7 heteroatoms. The molecule has 2 aromatic carbocycles. The molecule has 1 fully saturated rings. The van der Waals surface area contributed by atoms with Gasteiger partial charge in [-0.3, -0.25) is 9.59 Å². The second kappa shape index (κ2) is 11.6. The number of aryl methyl sites for hydroxylation is 2. The number of benzene rings is 2. The summed E-state index contributed by atoms with van der Waals surface area (Å²) in [4.78, 5) is 41.6. The molecule has 2 N–H and O–H groups in total. The van der Waals surface area contributed by atoms with Crippen molar-refractivity contribution in [3.8, 4) is 0 Å². The Bertz CT molecular complexity index is 1110. The fourth-order valence-electron chi connectivity index (χ4n) is 5.52. The number of anilines is 1. The van der Waals surface area contributed by atoms with Crippen molar-refractivity contribution in [2.75, 3.05) is 25.0 Å². The number of para-hydroxylation sites is 1. The molecule has 1 atom stereocenters. The number of nitrogens with zero attached hydrogens (tertiary/aromatic N) is 2. The molecule has 0 bridgehead atoms. The average Bonchev–Trinajstić information content (AvgIpc) is 3.06. The van der Waals surface area contributed by atoms with Gasteiger partial charge in [-0.2, -0.15) is 0 Å². The molecule has 192 valence electrons. The molecular formula is C29H37N3O4. The van der Waals surface area contributed by atoms with E-state index in [1.807, 2.05) is 35.2 Å². The molecule has 1 unspecified atom stereocenters. The summed E-state index contributed by atoms with van der Waals surface area (Å²) in [7, 11) is 0. The summed E-state index contributed by atoms with van der Waals surface area (Å²) in [5, 5.41) is 12.9. The fourth-order valence-corrected chi connectivity index (χ4v) is 5.52. The molecular weight excluding hydrogens is 454 g/mol. The second-order valence-corrected chi connectivity index (χ2v) is 9.90. The number of urea groups is 1. The number of amides is 3. The predicted molar refractivity (Wildman–Crippen MR) is 140 cm³/mol. The van der Waals surface area contributed by atoms with E-state index in [0.717, 1.165) is 36.1 Å². The zero-order valence-electron chi connectivity index (χ0n) is 21.3. The summed E-state index contributed by atoms with van der Waals surface area (Å²) in [5.74, 6) is -1.80. The molecule has 0 spiro atoms. The molecule has 0 radical (unpaired) electrons. The minimum absolute atomic E-state index is 0.00347. The van der Waals surface area contributed by atoms with Crippen LogP contribution in [0.2, 0.25) is 0 Å². The largest absolute Gasteiger partial charge is 0.481 e. The van der Waals surface area contributed by atoms with Crippen LogP contribution in [0.15, 0.2) is 42.5 Å². The Morgan fingerprint density at radius 1 is 1.03 bits per heavy atom. The van der Waals surface area contributed by atoms with Gasteiger partial charge >= 0.3 is 12.0 Å². The summed E-state index contributed by atoms with van der Waals surface area (Å²) in [5.41, 5.74) is 5.50. The predicted octanol–water partition coefficient (Wildman–Crippen LogP) is 4.53. The first kappa shape index (κ1) is 25.7. The van der Waals surface area contributed by atoms with Gasteiger partial charge < -0.3 is 20.2 Å². The number of aliphatic carboxylic acids is 1.